The van der Waals surface area contributed by atoms with E-state index in [1.54, 1.807) is 0 Å². The lowest BCUT2D eigenvalue weighted by atomic mass is 9.94. The lowest BCUT2D eigenvalue weighted by Gasteiger charge is -2.28. The molecule has 2 heterocycles. The Balaban J connectivity index is 0.00000128. The molecule has 94 valence electrons. The van der Waals surface area contributed by atoms with E-state index in [2.05, 4.69) is 17.6 Å². The molecule has 0 aliphatic carbocycles. The number of nitrogens with one attached hydrogen (secondary N) is 2. The molecule has 1 unspecified atom stereocenters. The Hall–Kier alpha value is -0.320. The van der Waals surface area contributed by atoms with Crippen molar-refractivity contribution in [2.75, 3.05) is 26.3 Å². The summed E-state index contributed by atoms with van der Waals surface area (Å²) in [6, 6.07) is 0. The van der Waals surface area contributed by atoms with E-state index in [-0.39, 0.29) is 29.8 Å². The van der Waals surface area contributed by atoms with Crippen LogP contribution >= 0.6 is 12.4 Å². The van der Waals surface area contributed by atoms with E-state index < -0.39 is 0 Å². The molecule has 16 heavy (non-hydrogen) atoms. The molecule has 0 aromatic rings. The molecule has 2 rings (SSSR count). The highest BCUT2D eigenvalue weighted by atomic mass is 35.5. The van der Waals surface area contributed by atoms with E-state index >= 15 is 0 Å². The van der Waals surface area contributed by atoms with Crippen LogP contribution < -0.4 is 10.6 Å². The normalized spacial score (nSPS) is 30.8. The van der Waals surface area contributed by atoms with E-state index in [1.165, 1.54) is 0 Å². The van der Waals surface area contributed by atoms with Crippen molar-refractivity contribution in [2.24, 2.45) is 5.92 Å². The fourth-order valence-corrected chi connectivity index (χ4v) is 2.25. The summed E-state index contributed by atoms with van der Waals surface area (Å²) in [7, 11) is 0. The Labute approximate surface area is 103 Å². The summed E-state index contributed by atoms with van der Waals surface area (Å²) < 4.78 is 5.32. The lowest BCUT2D eigenvalue weighted by Crippen LogP contribution is -2.50. The van der Waals surface area contributed by atoms with Gasteiger partial charge in [-0.3, -0.25) is 4.79 Å². The third-order valence-corrected chi connectivity index (χ3v) is 3.35. The molecule has 5 heteroatoms. The van der Waals surface area contributed by atoms with Gasteiger partial charge < -0.3 is 15.4 Å². The van der Waals surface area contributed by atoms with Gasteiger partial charge in [0, 0.05) is 12.5 Å². The molecule has 0 bridgehead atoms. The molecule has 0 aromatic carbocycles. The fraction of sp³-hybridized carbons (Fsp3) is 0.909. The Kier molecular flexibility index (Phi) is 5.02. The van der Waals surface area contributed by atoms with Gasteiger partial charge in [0.2, 0.25) is 5.91 Å². The number of ether oxygens (including phenoxy) is 1. The molecule has 0 saturated carbocycles. The molecule has 0 spiro atoms. The molecule has 4 nitrogen and oxygen atoms in total. The van der Waals surface area contributed by atoms with Gasteiger partial charge in [0.1, 0.15) is 0 Å². The standard InChI is InChI=1S/C11H20N2O2.ClH/c1-11(4-7-15-8-11)13-10(14)9-2-5-12-6-3-9;/h9,12H,2-8H2,1H3,(H,13,14);1H. The van der Waals surface area contributed by atoms with E-state index in [0.717, 1.165) is 39.0 Å². The zero-order valence-corrected chi connectivity index (χ0v) is 10.6. The van der Waals surface area contributed by atoms with Gasteiger partial charge in [0.25, 0.3) is 0 Å². The minimum atomic E-state index is -0.123. The number of amides is 1. The minimum Gasteiger partial charge on any atom is -0.379 e. The van der Waals surface area contributed by atoms with Crippen molar-refractivity contribution in [1.82, 2.24) is 10.6 Å². The topological polar surface area (TPSA) is 50.4 Å². The van der Waals surface area contributed by atoms with Crippen LogP contribution in [0.15, 0.2) is 0 Å². The first-order valence-corrected chi connectivity index (χ1v) is 5.80. The number of carbonyl (C=O) groups excluding carboxylic acids is 1. The van der Waals surface area contributed by atoms with E-state index in [1.807, 2.05) is 0 Å². The maximum Gasteiger partial charge on any atom is 0.223 e. The van der Waals surface area contributed by atoms with Crippen LogP contribution in [0.1, 0.15) is 26.2 Å². The van der Waals surface area contributed by atoms with Crippen molar-refractivity contribution in [3.05, 3.63) is 0 Å². The van der Waals surface area contributed by atoms with Crippen LogP contribution in [0.4, 0.5) is 0 Å². The smallest absolute Gasteiger partial charge is 0.223 e. The summed E-state index contributed by atoms with van der Waals surface area (Å²) in [5, 5.41) is 6.40. The number of hydrogen-bond donors (Lipinski definition) is 2. The van der Waals surface area contributed by atoms with Crippen LogP contribution in [0, 0.1) is 5.92 Å². The molecule has 2 aliphatic heterocycles. The van der Waals surface area contributed by atoms with Gasteiger partial charge in [-0.1, -0.05) is 0 Å². The SMILES string of the molecule is CC1(NC(=O)C2CCNCC2)CCOC1.Cl. The number of piperidine rings is 1. The van der Waals surface area contributed by atoms with Crippen molar-refractivity contribution < 1.29 is 9.53 Å². The molecule has 2 N–H and O–H groups in total. The second kappa shape index (κ2) is 5.84. The molecule has 0 aromatic heterocycles. The highest BCUT2D eigenvalue weighted by Crippen LogP contribution is 2.20. The zero-order valence-electron chi connectivity index (χ0n) is 9.75. The van der Waals surface area contributed by atoms with Crippen molar-refractivity contribution in [3.63, 3.8) is 0 Å². The number of hydrogen-bond acceptors (Lipinski definition) is 3. The maximum absolute atomic E-state index is 12.0. The Bertz CT molecular complexity index is 236. The second-order valence-corrected chi connectivity index (χ2v) is 4.88. The summed E-state index contributed by atoms with van der Waals surface area (Å²) in [5.41, 5.74) is -0.123. The third kappa shape index (κ3) is 3.34. The fourth-order valence-electron chi connectivity index (χ4n) is 2.25. The van der Waals surface area contributed by atoms with Gasteiger partial charge in [0.15, 0.2) is 0 Å². The van der Waals surface area contributed by atoms with E-state index in [0.29, 0.717) is 6.61 Å². The first-order valence-electron chi connectivity index (χ1n) is 5.80. The van der Waals surface area contributed by atoms with Crippen molar-refractivity contribution >= 4 is 18.3 Å². The molecule has 2 fully saturated rings. The molecular formula is C11H21ClN2O2. The summed E-state index contributed by atoms with van der Waals surface area (Å²) in [6.07, 6.45) is 2.86. The molecule has 1 atom stereocenters. The van der Waals surface area contributed by atoms with Gasteiger partial charge >= 0.3 is 0 Å². The zero-order chi connectivity index (χ0) is 10.7. The largest absolute Gasteiger partial charge is 0.379 e. The maximum atomic E-state index is 12.0. The third-order valence-electron chi connectivity index (χ3n) is 3.35. The first-order chi connectivity index (χ1) is 7.20. The Morgan fingerprint density at radius 3 is 2.69 bits per heavy atom. The van der Waals surface area contributed by atoms with Crippen LogP contribution in [-0.4, -0.2) is 37.7 Å². The van der Waals surface area contributed by atoms with Crippen LogP contribution in [0.3, 0.4) is 0 Å². The van der Waals surface area contributed by atoms with Gasteiger partial charge in [-0.05, 0) is 39.3 Å². The number of carbonyl (C=O) groups is 1. The van der Waals surface area contributed by atoms with Gasteiger partial charge in [0.05, 0.1) is 12.1 Å². The molecule has 0 radical (unpaired) electrons. The van der Waals surface area contributed by atoms with E-state index in [4.69, 9.17) is 4.74 Å². The van der Waals surface area contributed by atoms with Crippen LogP contribution in [0.25, 0.3) is 0 Å². The van der Waals surface area contributed by atoms with Gasteiger partial charge in [-0.2, -0.15) is 0 Å². The van der Waals surface area contributed by atoms with E-state index in [9.17, 15) is 4.79 Å². The first kappa shape index (κ1) is 13.7. The highest BCUT2D eigenvalue weighted by molar-refractivity contribution is 5.85. The molecule has 2 saturated heterocycles. The minimum absolute atomic E-state index is 0. The predicted molar refractivity (Wildman–Crippen MR) is 64.8 cm³/mol. The summed E-state index contributed by atoms with van der Waals surface area (Å²) >= 11 is 0. The van der Waals surface area contributed by atoms with Crippen molar-refractivity contribution in [2.45, 2.75) is 31.7 Å². The predicted octanol–water partition coefficient (Wildman–Crippen LogP) is 0.703. The summed E-state index contributed by atoms with van der Waals surface area (Å²) in [6.45, 7) is 5.42. The van der Waals surface area contributed by atoms with Crippen LogP contribution in [-0.2, 0) is 9.53 Å². The quantitative estimate of drug-likeness (QED) is 0.757. The highest BCUT2D eigenvalue weighted by Gasteiger charge is 2.33. The Morgan fingerprint density at radius 2 is 2.12 bits per heavy atom. The number of halogens is 1. The lowest BCUT2D eigenvalue weighted by molar-refractivity contribution is -0.127. The molecule has 1 amide bonds. The van der Waals surface area contributed by atoms with Crippen LogP contribution in [0.2, 0.25) is 0 Å². The van der Waals surface area contributed by atoms with Crippen molar-refractivity contribution in [1.29, 1.82) is 0 Å². The van der Waals surface area contributed by atoms with Gasteiger partial charge in [-0.15, -0.1) is 12.4 Å². The average molecular weight is 249 g/mol. The number of rotatable bonds is 2. The van der Waals surface area contributed by atoms with Crippen molar-refractivity contribution in [3.8, 4) is 0 Å². The summed E-state index contributed by atoms with van der Waals surface area (Å²) in [5.74, 6) is 0.410. The summed E-state index contributed by atoms with van der Waals surface area (Å²) in [4.78, 5) is 12.0. The van der Waals surface area contributed by atoms with Gasteiger partial charge in [-0.25, -0.2) is 0 Å². The molecular weight excluding hydrogens is 228 g/mol. The Morgan fingerprint density at radius 1 is 1.44 bits per heavy atom. The van der Waals surface area contributed by atoms with Crippen LogP contribution in [0.5, 0.6) is 0 Å². The second-order valence-electron chi connectivity index (χ2n) is 4.88. The molecule has 2 aliphatic rings. The average Bonchev–Trinajstić information content (AvgIpc) is 2.66. The monoisotopic (exact) mass is 248 g/mol.